The first-order valence-electron chi connectivity index (χ1n) is 11.7. The van der Waals surface area contributed by atoms with Gasteiger partial charge in [-0.25, -0.2) is 0 Å². The highest BCUT2D eigenvalue weighted by Crippen LogP contribution is 2.37. The lowest BCUT2D eigenvalue weighted by Crippen LogP contribution is -2.29. The molecule has 168 valence electrons. The minimum atomic E-state index is -0.772. The molecule has 3 rings (SSSR count). The molecule has 2 aliphatic rings. The zero-order valence-corrected chi connectivity index (χ0v) is 18.5. The molecule has 32 heavy (non-hydrogen) atoms. The number of esters is 1. The number of allylic oxidation sites excluding steroid dienone is 4. The number of nitrogens with zero attached hydrogens (tertiary/aromatic N) is 2. The van der Waals surface area contributed by atoms with Crippen molar-refractivity contribution in [2.75, 3.05) is 0 Å². The van der Waals surface area contributed by atoms with E-state index in [2.05, 4.69) is 6.07 Å². The van der Waals surface area contributed by atoms with E-state index in [4.69, 9.17) is 15.3 Å². The highest BCUT2D eigenvalue weighted by atomic mass is 19.1. The second-order valence-electron chi connectivity index (χ2n) is 8.99. The molecule has 0 radical (unpaired) electrons. The monoisotopic (exact) mass is 434 g/mol. The summed E-state index contributed by atoms with van der Waals surface area (Å²) in [6.45, 7) is 0. The lowest BCUT2D eigenvalue weighted by Gasteiger charge is -2.31. The third-order valence-electron chi connectivity index (χ3n) is 6.88. The largest absolute Gasteiger partial charge is 0.462 e. The van der Waals surface area contributed by atoms with Crippen LogP contribution < -0.4 is 0 Å². The zero-order chi connectivity index (χ0) is 22.8. The van der Waals surface area contributed by atoms with Gasteiger partial charge in [-0.2, -0.15) is 14.9 Å². The lowest BCUT2D eigenvalue weighted by molar-refractivity contribution is -0.157. The Morgan fingerprint density at radius 1 is 1.03 bits per heavy atom. The van der Waals surface area contributed by atoms with Crippen LogP contribution in [0.5, 0.6) is 0 Å². The second-order valence-corrected chi connectivity index (χ2v) is 8.99. The Labute approximate surface area is 190 Å². The normalized spacial score (nSPS) is 26.3. The first-order chi connectivity index (χ1) is 15.6. The average Bonchev–Trinajstić information content (AvgIpc) is 2.84. The van der Waals surface area contributed by atoms with Crippen molar-refractivity contribution in [3.63, 3.8) is 0 Å². The van der Waals surface area contributed by atoms with Crippen LogP contribution in [0.2, 0.25) is 0 Å². The topological polar surface area (TPSA) is 73.9 Å². The first-order valence-corrected chi connectivity index (χ1v) is 11.7. The molecule has 0 heterocycles. The van der Waals surface area contributed by atoms with Crippen molar-refractivity contribution in [3.05, 3.63) is 59.4 Å². The molecular weight excluding hydrogens is 403 g/mol. The van der Waals surface area contributed by atoms with Crippen molar-refractivity contribution >= 4 is 5.97 Å². The number of benzene rings is 1. The molecule has 0 aliphatic heterocycles. The molecular formula is C27H31FN2O2. The maximum Gasteiger partial charge on any atom is 0.309 e. The summed E-state index contributed by atoms with van der Waals surface area (Å²) in [6, 6.07) is 11.4. The van der Waals surface area contributed by atoms with E-state index in [-0.39, 0.29) is 18.0 Å². The van der Waals surface area contributed by atoms with E-state index in [1.807, 2.05) is 30.3 Å². The maximum absolute atomic E-state index is 12.7. The molecule has 2 fully saturated rings. The number of rotatable bonds is 7. The molecule has 0 amide bonds. The second kappa shape index (κ2) is 12.2. The van der Waals surface area contributed by atoms with Crippen LogP contribution in [-0.4, -0.2) is 12.1 Å². The van der Waals surface area contributed by atoms with E-state index in [9.17, 15) is 9.18 Å². The molecule has 0 unspecified atom stereocenters. The number of hydrogen-bond acceptors (Lipinski definition) is 4. The first kappa shape index (κ1) is 23.7. The standard InChI is InChI=1S/C27H31FN2O2/c28-25(19-30)5-3-1-2-4-20-8-16-26(17-9-20)32-27(31)24-14-12-23(13-15-24)22-10-6-21(18-29)7-11-22/h1,3,5-7,10-11,20,23-24,26H,2,4,8-9,12-17H2/t20-,23-,24-,26-. The predicted octanol–water partition coefficient (Wildman–Crippen LogP) is 6.65. The number of halogens is 1. The fourth-order valence-electron chi connectivity index (χ4n) is 4.91. The van der Waals surface area contributed by atoms with Crippen LogP contribution in [0.3, 0.4) is 0 Å². The average molecular weight is 435 g/mol. The van der Waals surface area contributed by atoms with Gasteiger partial charge < -0.3 is 4.74 Å². The van der Waals surface area contributed by atoms with Gasteiger partial charge in [0.1, 0.15) is 12.2 Å². The van der Waals surface area contributed by atoms with E-state index < -0.39 is 5.83 Å². The van der Waals surface area contributed by atoms with Crippen LogP contribution >= 0.6 is 0 Å². The van der Waals surface area contributed by atoms with Gasteiger partial charge in [-0.3, -0.25) is 4.79 Å². The Balaban J connectivity index is 1.34. The molecule has 0 saturated heterocycles. The molecule has 0 spiro atoms. The van der Waals surface area contributed by atoms with Crippen molar-refractivity contribution in [3.8, 4) is 12.1 Å². The van der Waals surface area contributed by atoms with E-state index >= 15 is 0 Å². The predicted molar refractivity (Wildman–Crippen MR) is 121 cm³/mol. The molecule has 0 atom stereocenters. The highest BCUT2D eigenvalue weighted by molar-refractivity contribution is 5.72. The van der Waals surface area contributed by atoms with Crippen molar-refractivity contribution in [2.24, 2.45) is 11.8 Å². The van der Waals surface area contributed by atoms with E-state index in [0.717, 1.165) is 64.2 Å². The van der Waals surface area contributed by atoms with Gasteiger partial charge in [0.25, 0.3) is 0 Å². The Hall–Kier alpha value is -2.92. The van der Waals surface area contributed by atoms with Crippen LogP contribution in [0, 0.1) is 34.5 Å². The van der Waals surface area contributed by atoms with Crippen LogP contribution in [0.4, 0.5) is 4.39 Å². The number of carbonyl (C=O) groups excluding carboxylic acids is 1. The summed E-state index contributed by atoms with van der Waals surface area (Å²) in [5.74, 6) is 0.284. The molecule has 4 nitrogen and oxygen atoms in total. The van der Waals surface area contributed by atoms with Crippen LogP contribution in [0.1, 0.15) is 81.3 Å². The summed E-state index contributed by atoms with van der Waals surface area (Å²) in [7, 11) is 0. The third kappa shape index (κ3) is 7.06. The third-order valence-corrected chi connectivity index (χ3v) is 6.88. The van der Waals surface area contributed by atoms with E-state index in [1.54, 1.807) is 6.08 Å². The highest BCUT2D eigenvalue weighted by Gasteiger charge is 2.31. The lowest BCUT2D eigenvalue weighted by atomic mass is 9.78. The Morgan fingerprint density at radius 2 is 1.72 bits per heavy atom. The van der Waals surface area contributed by atoms with Gasteiger partial charge in [0.15, 0.2) is 5.83 Å². The summed E-state index contributed by atoms with van der Waals surface area (Å²) in [5.41, 5.74) is 1.94. The Kier molecular flexibility index (Phi) is 9.05. The molecule has 1 aromatic carbocycles. The van der Waals surface area contributed by atoms with Gasteiger partial charge in [-0.15, -0.1) is 0 Å². The fraction of sp³-hybridized carbons (Fsp3) is 0.519. The molecule has 0 aromatic heterocycles. The minimum Gasteiger partial charge on any atom is -0.462 e. The summed E-state index contributed by atoms with van der Waals surface area (Å²) in [4.78, 5) is 12.7. The van der Waals surface area contributed by atoms with Gasteiger partial charge in [-0.1, -0.05) is 24.3 Å². The summed E-state index contributed by atoms with van der Waals surface area (Å²) < 4.78 is 18.6. The molecule has 5 heteroatoms. The number of nitriles is 2. The van der Waals surface area contributed by atoms with E-state index in [0.29, 0.717) is 17.4 Å². The van der Waals surface area contributed by atoms with Gasteiger partial charge >= 0.3 is 5.97 Å². The molecule has 2 saturated carbocycles. The number of hydrogen-bond donors (Lipinski definition) is 0. The van der Waals surface area contributed by atoms with Gasteiger partial charge in [0.2, 0.25) is 0 Å². The molecule has 2 aliphatic carbocycles. The minimum absolute atomic E-state index is 0.00866. The summed E-state index contributed by atoms with van der Waals surface area (Å²) >= 11 is 0. The molecule has 0 bridgehead atoms. The van der Waals surface area contributed by atoms with Crippen molar-refractivity contribution in [1.82, 2.24) is 0 Å². The van der Waals surface area contributed by atoms with E-state index in [1.165, 1.54) is 17.7 Å². The van der Waals surface area contributed by atoms with Crippen LogP contribution in [0.15, 0.2) is 48.3 Å². The van der Waals surface area contributed by atoms with Gasteiger partial charge in [0, 0.05) is 0 Å². The van der Waals surface area contributed by atoms with Crippen molar-refractivity contribution in [2.45, 2.75) is 76.2 Å². The molecule has 1 aromatic rings. The number of ether oxygens (including phenoxy) is 1. The quantitative estimate of drug-likeness (QED) is 0.274. The van der Waals surface area contributed by atoms with Crippen molar-refractivity contribution < 1.29 is 13.9 Å². The van der Waals surface area contributed by atoms with Gasteiger partial charge in [-0.05, 0) is 99.8 Å². The maximum atomic E-state index is 12.7. The zero-order valence-electron chi connectivity index (χ0n) is 18.5. The SMILES string of the molecule is N#CC(F)=CC=CCC[C@H]1CC[C@H](OC(=O)[C@H]2CC[C@H](c3ccc(C#N)cc3)CC2)CC1. The fourth-order valence-corrected chi connectivity index (χ4v) is 4.91. The smallest absolute Gasteiger partial charge is 0.309 e. The Morgan fingerprint density at radius 3 is 2.34 bits per heavy atom. The van der Waals surface area contributed by atoms with Crippen LogP contribution in [0.25, 0.3) is 0 Å². The van der Waals surface area contributed by atoms with Crippen molar-refractivity contribution in [1.29, 1.82) is 10.5 Å². The summed E-state index contributed by atoms with van der Waals surface area (Å²) in [5, 5.41) is 17.3. The summed E-state index contributed by atoms with van der Waals surface area (Å²) in [6.07, 6.45) is 14.3. The van der Waals surface area contributed by atoms with Gasteiger partial charge in [0.05, 0.1) is 17.6 Å². The Bertz CT molecular complexity index is 891. The molecule has 0 N–H and O–H groups in total. The number of carbonyl (C=O) groups is 1. The van der Waals surface area contributed by atoms with Crippen LogP contribution in [-0.2, 0) is 9.53 Å².